The van der Waals surface area contributed by atoms with Gasteiger partial charge >= 0.3 is 0 Å². The number of rotatable bonds is 6. The van der Waals surface area contributed by atoms with Gasteiger partial charge in [0.15, 0.2) is 4.34 Å². The molecule has 0 saturated heterocycles. The first-order chi connectivity index (χ1) is 9.58. The van der Waals surface area contributed by atoms with Crippen LogP contribution in [-0.4, -0.2) is 15.4 Å². The third-order valence-electron chi connectivity index (χ3n) is 2.92. The smallest absolute Gasteiger partial charge is 0.174 e. The van der Waals surface area contributed by atoms with Crippen LogP contribution in [0.5, 0.6) is 0 Å². The lowest BCUT2D eigenvalue weighted by Gasteiger charge is -2.10. The molecule has 2 aromatic rings. The molecule has 1 heterocycles. The Hall–Kier alpha value is -0.910. The van der Waals surface area contributed by atoms with E-state index >= 15 is 0 Å². The molecule has 1 N–H and O–H groups in total. The highest BCUT2D eigenvalue weighted by Gasteiger charge is 2.07. The van der Waals surface area contributed by atoms with Gasteiger partial charge < -0.3 is 5.32 Å². The molecule has 1 aromatic heterocycles. The van der Waals surface area contributed by atoms with Crippen molar-refractivity contribution in [1.29, 1.82) is 0 Å². The molecule has 0 spiro atoms. The average Bonchev–Trinajstić information content (AvgIpc) is 2.87. The van der Waals surface area contributed by atoms with Crippen molar-refractivity contribution < 1.29 is 0 Å². The van der Waals surface area contributed by atoms with Crippen LogP contribution in [0.1, 0.15) is 37.7 Å². The average molecular weight is 307 g/mol. The normalized spacial score (nSPS) is 11.2. The van der Waals surface area contributed by atoms with E-state index in [1.54, 1.807) is 11.8 Å². The molecule has 20 heavy (non-hydrogen) atoms. The van der Waals surface area contributed by atoms with Gasteiger partial charge in [-0.05, 0) is 35.6 Å². The second-order valence-corrected chi connectivity index (χ2v) is 7.11. The van der Waals surface area contributed by atoms with Crippen LogP contribution < -0.4 is 5.32 Å². The first kappa shape index (κ1) is 15.5. The summed E-state index contributed by atoms with van der Waals surface area (Å²) < 4.78 is 5.35. The minimum Gasteiger partial charge on any atom is -0.310 e. The SMILES string of the molecule is CCc1nsc(Sc2ccc(CNC(C)C)cc2C)n1. The van der Waals surface area contributed by atoms with Gasteiger partial charge in [-0.25, -0.2) is 4.98 Å². The van der Waals surface area contributed by atoms with Gasteiger partial charge in [0.1, 0.15) is 5.82 Å². The Kier molecular flexibility index (Phi) is 5.57. The molecule has 0 aliphatic rings. The van der Waals surface area contributed by atoms with E-state index in [-0.39, 0.29) is 0 Å². The fourth-order valence-electron chi connectivity index (χ4n) is 1.78. The minimum absolute atomic E-state index is 0.512. The van der Waals surface area contributed by atoms with Crippen molar-refractivity contribution in [2.75, 3.05) is 0 Å². The summed E-state index contributed by atoms with van der Waals surface area (Å²) in [4.78, 5) is 5.77. The second kappa shape index (κ2) is 7.20. The monoisotopic (exact) mass is 307 g/mol. The maximum atomic E-state index is 4.51. The standard InChI is InChI=1S/C15H21N3S2/c1-5-14-17-15(20-18-14)19-13-7-6-12(8-11(13)4)9-16-10(2)3/h6-8,10,16H,5,9H2,1-4H3. The van der Waals surface area contributed by atoms with Crippen LogP contribution in [0.25, 0.3) is 0 Å². The third kappa shape index (κ3) is 4.30. The number of benzene rings is 1. The zero-order chi connectivity index (χ0) is 14.5. The van der Waals surface area contributed by atoms with Gasteiger partial charge in [-0.1, -0.05) is 44.7 Å². The summed E-state index contributed by atoms with van der Waals surface area (Å²) in [5.74, 6) is 0.938. The van der Waals surface area contributed by atoms with Crippen LogP contribution in [0.15, 0.2) is 27.4 Å². The van der Waals surface area contributed by atoms with Gasteiger partial charge in [0, 0.05) is 23.9 Å². The lowest BCUT2D eigenvalue weighted by Crippen LogP contribution is -2.21. The number of nitrogens with one attached hydrogen (secondary N) is 1. The predicted octanol–water partition coefficient (Wildman–Crippen LogP) is 4.06. The molecule has 0 atom stereocenters. The zero-order valence-corrected chi connectivity index (χ0v) is 14.1. The summed E-state index contributed by atoms with van der Waals surface area (Å²) >= 11 is 3.19. The van der Waals surface area contributed by atoms with Crippen LogP contribution in [0.2, 0.25) is 0 Å². The van der Waals surface area contributed by atoms with Crippen molar-refractivity contribution in [1.82, 2.24) is 14.7 Å². The van der Waals surface area contributed by atoms with Crippen LogP contribution >= 0.6 is 23.3 Å². The Morgan fingerprint density at radius 2 is 2.15 bits per heavy atom. The van der Waals surface area contributed by atoms with Crippen LogP contribution in [0, 0.1) is 6.92 Å². The first-order valence-corrected chi connectivity index (χ1v) is 8.50. The van der Waals surface area contributed by atoms with Crippen molar-refractivity contribution in [3.63, 3.8) is 0 Å². The van der Waals surface area contributed by atoms with E-state index in [1.807, 2.05) is 0 Å². The molecule has 3 nitrogen and oxygen atoms in total. The Bertz CT molecular complexity index is 564. The quantitative estimate of drug-likeness (QED) is 0.873. The molecule has 2 rings (SSSR count). The Balaban J connectivity index is 2.05. The van der Waals surface area contributed by atoms with E-state index in [0.29, 0.717) is 6.04 Å². The molecule has 0 fully saturated rings. The molecule has 0 aliphatic carbocycles. The number of aromatic nitrogens is 2. The van der Waals surface area contributed by atoms with Crippen molar-refractivity contribution in [2.45, 2.75) is 55.9 Å². The lowest BCUT2D eigenvalue weighted by molar-refractivity contribution is 0.588. The molecule has 0 aliphatic heterocycles. The summed E-state index contributed by atoms with van der Waals surface area (Å²) in [7, 11) is 0. The van der Waals surface area contributed by atoms with Crippen molar-refractivity contribution >= 4 is 23.3 Å². The largest absolute Gasteiger partial charge is 0.310 e. The van der Waals surface area contributed by atoms with Gasteiger partial charge in [-0.2, -0.15) is 4.37 Å². The fraction of sp³-hybridized carbons (Fsp3) is 0.467. The van der Waals surface area contributed by atoms with Gasteiger partial charge in [-0.15, -0.1) is 0 Å². The molecule has 0 amide bonds. The van der Waals surface area contributed by atoms with Crippen LogP contribution in [-0.2, 0) is 13.0 Å². The Morgan fingerprint density at radius 3 is 2.75 bits per heavy atom. The van der Waals surface area contributed by atoms with Gasteiger partial charge in [-0.3, -0.25) is 0 Å². The zero-order valence-electron chi connectivity index (χ0n) is 12.4. The molecule has 108 valence electrons. The highest BCUT2D eigenvalue weighted by Crippen LogP contribution is 2.31. The number of aryl methyl sites for hydroxylation is 2. The summed E-state index contributed by atoms with van der Waals surface area (Å²) in [5, 5.41) is 3.44. The molecule has 5 heteroatoms. The molecule has 0 radical (unpaired) electrons. The van der Waals surface area contributed by atoms with Gasteiger partial charge in [0.05, 0.1) is 0 Å². The van der Waals surface area contributed by atoms with E-state index in [0.717, 1.165) is 23.1 Å². The van der Waals surface area contributed by atoms with E-state index in [4.69, 9.17) is 0 Å². The van der Waals surface area contributed by atoms with Crippen LogP contribution in [0.4, 0.5) is 0 Å². The topological polar surface area (TPSA) is 37.8 Å². The van der Waals surface area contributed by atoms with E-state index < -0.39 is 0 Å². The summed E-state index contributed by atoms with van der Waals surface area (Å²) in [6.45, 7) is 9.49. The van der Waals surface area contributed by atoms with Crippen molar-refractivity contribution in [3.8, 4) is 0 Å². The summed E-state index contributed by atoms with van der Waals surface area (Å²) in [6.07, 6.45) is 0.899. The maximum Gasteiger partial charge on any atom is 0.174 e. The summed E-state index contributed by atoms with van der Waals surface area (Å²) in [6, 6.07) is 7.13. The lowest BCUT2D eigenvalue weighted by atomic mass is 10.1. The predicted molar refractivity (Wildman–Crippen MR) is 86.6 cm³/mol. The van der Waals surface area contributed by atoms with E-state index in [9.17, 15) is 0 Å². The van der Waals surface area contributed by atoms with E-state index in [2.05, 4.69) is 60.6 Å². The van der Waals surface area contributed by atoms with Crippen LogP contribution in [0.3, 0.4) is 0 Å². The third-order valence-corrected chi connectivity index (χ3v) is 4.88. The molecular formula is C15H21N3S2. The number of nitrogens with zero attached hydrogens (tertiary/aromatic N) is 2. The van der Waals surface area contributed by atoms with Crippen molar-refractivity contribution in [2.24, 2.45) is 0 Å². The van der Waals surface area contributed by atoms with Gasteiger partial charge in [0.25, 0.3) is 0 Å². The Morgan fingerprint density at radius 1 is 1.35 bits per heavy atom. The number of hydrogen-bond donors (Lipinski definition) is 1. The minimum atomic E-state index is 0.512. The fourth-order valence-corrected chi connectivity index (χ4v) is 3.50. The molecule has 0 bridgehead atoms. The van der Waals surface area contributed by atoms with Gasteiger partial charge in [0.2, 0.25) is 0 Å². The Labute approximate surface area is 129 Å². The highest BCUT2D eigenvalue weighted by atomic mass is 32.2. The maximum absolute atomic E-state index is 4.51. The number of hydrogen-bond acceptors (Lipinski definition) is 5. The molecule has 0 unspecified atom stereocenters. The first-order valence-electron chi connectivity index (χ1n) is 6.91. The molecule has 1 aromatic carbocycles. The molecular weight excluding hydrogens is 286 g/mol. The van der Waals surface area contributed by atoms with Crippen molar-refractivity contribution in [3.05, 3.63) is 35.2 Å². The molecule has 0 saturated carbocycles. The summed E-state index contributed by atoms with van der Waals surface area (Å²) in [5.41, 5.74) is 2.62. The second-order valence-electron chi connectivity index (χ2n) is 5.07. The highest BCUT2D eigenvalue weighted by molar-refractivity contribution is 8.01. The van der Waals surface area contributed by atoms with E-state index in [1.165, 1.54) is 27.6 Å².